The van der Waals surface area contributed by atoms with Gasteiger partial charge in [-0.1, -0.05) is 49.7 Å². The fourth-order valence-electron chi connectivity index (χ4n) is 3.89. The van der Waals surface area contributed by atoms with E-state index in [9.17, 15) is 14.7 Å². The zero-order valence-electron chi connectivity index (χ0n) is 19.4. The Balaban J connectivity index is 2.30. The summed E-state index contributed by atoms with van der Waals surface area (Å²) in [5.74, 6) is 0.264. The highest BCUT2D eigenvalue weighted by Crippen LogP contribution is 2.40. The number of aryl methyl sites for hydroxylation is 1. The average molecular weight is 434 g/mol. The highest BCUT2D eigenvalue weighted by atomic mass is 16.4. The Morgan fingerprint density at radius 1 is 1.12 bits per heavy atom. The van der Waals surface area contributed by atoms with E-state index in [1.165, 1.54) is 11.8 Å². The summed E-state index contributed by atoms with van der Waals surface area (Å²) in [5.41, 5.74) is 6.26. The number of aromatic nitrogens is 1. The van der Waals surface area contributed by atoms with Crippen molar-refractivity contribution in [2.75, 3.05) is 18.5 Å². The molecule has 6 heteroatoms. The van der Waals surface area contributed by atoms with E-state index in [1.54, 1.807) is 7.05 Å². The molecule has 2 aromatic carbocycles. The molecule has 2 amide bonds. The molecule has 0 radical (unpaired) electrons. The predicted octanol–water partition coefficient (Wildman–Crippen LogP) is 5.20. The molecule has 0 bridgehead atoms. The van der Waals surface area contributed by atoms with Gasteiger partial charge in [-0.2, -0.15) is 0 Å². The number of anilines is 1. The third-order valence-electron chi connectivity index (χ3n) is 5.45. The molecule has 0 saturated heterocycles. The maximum atomic E-state index is 12.0. The van der Waals surface area contributed by atoms with E-state index >= 15 is 0 Å². The molecule has 0 aliphatic rings. The molecular formula is C26H31N3O3. The molecule has 0 spiro atoms. The number of carboxylic acid groups (broad SMARTS) is 1. The van der Waals surface area contributed by atoms with E-state index in [-0.39, 0.29) is 5.91 Å². The van der Waals surface area contributed by atoms with Crippen molar-refractivity contribution in [2.24, 2.45) is 5.92 Å². The van der Waals surface area contributed by atoms with Crippen LogP contribution in [0.25, 0.3) is 22.0 Å². The zero-order chi connectivity index (χ0) is 23.4. The Kier molecular flexibility index (Phi) is 7.13. The second kappa shape index (κ2) is 9.81. The first-order chi connectivity index (χ1) is 15.2. The molecular weight excluding hydrogens is 402 g/mol. The SMILES string of the molecule is CC(=O)NCCc1ccc2nc(CC(C)C)c(N(C)C(=O)O)c(-c3ccc(C)cc3)c2c1. The summed E-state index contributed by atoms with van der Waals surface area (Å²) in [6, 6.07) is 14.2. The van der Waals surface area contributed by atoms with E-state index < -0.39 is 6.09 Å². The van der Waals surface area contributed by atoms with Crippen LogP contribution in [0.1, 0.15) is 37.6 Å². The number of hydrogen-bond donors (Lipinski definition) is 2. The van der Waals surface area contributed by atoms with Crippen LogP contribution >= 0.6 is 0 Å². The molecule has 32 heavy (non-hydrogen) atoms. The zero-order valence-corrected chi connectivity index (χ0v) is 19.4. The van der Waals surface area contributed by atoms with Crippen LogP contribution in [-0.4, -0.2) is 35.7 Å². The standard InChI is InChI=1S/C26H31N3O3/c1-16(2)14-23-25(29(5)26(31)32)24(20-9-6-17(3)7-10-20)21-15-19(8-11-22(21)28-23)12-13-27-18(4)30/h6-11,15-16H,12-14H2,1-5H3,(H,27,30)(H,31,32). The summed E-state index contributed by atoms with van der Waals surface area (Å²) in [6.07, 6.45) is 0.332. The Morgan fingerprint density at radius 2 is 1.81 bits per heavy atom. The molecule has 6 nitrogen and oxygen atoms in total. The van der Waals surface area contributed by atoms with Gasteiger partial charge in [0.25, 0.3) is 0 Å². The molecule has 168 valence electrons. The minimum Gasteiger partial charge on any atom is -0.465 e. The first-order valence-electron chi connectivity index (χ1n) is 10.9. The number of nitrogens with one attached hydrogen (secondary N) is 1. The van der Waals surface area contributed by atoms with Crippen molar-refractivity contribution in [1.82, 2.24) is 10.3 Å². The number of carbonyl (C=O) groups is 2. The number of pyridine rings is 1. The van der Waals surface area contributed by atoms with E-state index in [0.29, 0.717) is 31.0 Å². The average Bonchev–Trinajstić information content (AvgIpc) is 2.72. The number of amides is 2. The van der Waals surface area contributed by atoms with Gasteiger partial charge in [-0.25, -0.2) is 4.79 Å². The molecule has 0 saturated carbocycles. The van der Waals surface area contributed by atoms with E-state index in [4.69, 9.17) is 4.98 Å². The van der Waals surface area contributed by atoms with Crippen LogP contribution in [0.15, 0.2) is 42.5 Å². The van der Waals surface area contributed by atoms with Crippen LogP contribution in [-0.2, 0) is 17.6 Å². The first kappa shape index (κ1) is 23.3. The molecule has 1 aromatic heterocycles. The summed E-state index contributed by atoms with van der Waals surface area (Å²) in [7, 11) is 1.58. The smallest absolute Gasteiger partial charge is 0.411 e. The van der Waals surface area contributed by atoms with Crippen LogP contribution in [0.4, 0.5) is 10.5 Å². The number of nitrogens with zero attached hydrogens (tertiary/aromatic N) is 2. The molecule has 0 aliphatic carbocycles. The normalized spacial score (nSPS) is 11.1. The first-order valence-corrected chi connectivity index (χ1v) is 10.9. The van der Waals surface area contributed by atoms with Crippen molar-refractivity contribution < 1.29 is 14.7 Å². The molecule has 3 rings (SSSR count). The Labute approximate surface area is 189 Å². The second-order valence-corrected chi connectivity index (χ2v) is 8.67. The summed E-state index contributed by atoms with van der Waals surface area (Å²) in [6.45, 7) is 8.29. The van der Waals surface area contributed by atoms with Gasteiger partial charge in [0, 0.05) is 31.5 Å². The molecule has 0 aliphatic heterocycles. The topological polar surface area (TPSA) is 82.5 Å². The van der Waals surface area contributed by atoms with Crippen molar-refractivity contribution in [3.8, 4) is 11.1 Å². The van der Waals surface area contributed by atoms with Crippen molar-refractivity contribution in [3.05, 3.63) is 59.3 Å². The van der Waals surface area contributed by atoms with Gasteiger partial charge in [0.2, 0.25) is 5.91 Å². The van der Waals surface area contributed by atoms with Gasteiger partial charge in [-0.05, 0) is 48.9 Å². The Bertz CT molecular complexity index is 1140. The highest BCUT2D eigenvalue weighted by Gasteiger charge is 2.23. The monoisotopic (exact) mass is 433 g/mol. The van der Waals surface area contributed by atoms with Gasteiger partial charge in [0.1, 0.15) is 0 Å². The molecule has 3 aromatic rings. The lowest BCUT2D eigenvalue weighted by molar-refractivity contribution is -0.118. The maximum absolute atomic E-state index is 12.0. The fraction of sp³-hybridized carbons (Fsp3) is 0.346. The highest BCUT2D eigenvalue weighted by molar-refractivity contribution is 6.05. The largest absolute Gasteiger partial charge is 0.465 e. The minimum absolute atomic E-state index is 0.0588. The van der Waals surface area contributed by atoms with Crippen LogP contribution in [0.2, 0.25) is 0 Å². The molecule has 1 heterocycles. The third kappa shape index (κ3) is 5.25. The van der Waals surface area contributed by atoms with Crippen molar-refractivity contribution in [1.29, 1.82) is 0 Å². The van der Waals surface area contributed by atoms with E-state index in [0.717, 1.165) is 38.9 Å². The van der Waals surface area contributed by atoms with Gasteiger partial charge in [0.15, 0.2) is 0 Å². The quantitative estimate of drug-likeness (QED) is 0.536. The van der Waals surface area contributed by atoms with Crippen LogP contribution in [0.5, 0.6) is 0 Å². The molecule has 2 N–H and O–H groups in total. The number of hydrogen-bond acceptors (Lipinski definition) is 3. The summed E-state index contributed by atoms with van der Waals surface area (Å²) < 4.78 is 0. The summed E-state index contributed by atoms with van der Waals surface area (Å²) >= 11 is 0. The fourth-order valence-corrected chi connectivity index (χ4v) is 3.89. The van der Waals surface area contributed by atoms with Crippen molar-refractivity contribution >= 4 is 28.6 Å². The lowest BCUT2D eigenvalue weighted by atomic mass is 9.93. The Morgan fingerprint density at radius 3 is 2.41 bits per heavy atom. The number of benzene rings is 2. The van der Waals surface area contributed by atoms with Gasteiger partial charge >= 0.3 is 6.09 Å². The van der Waals surface area contributed by atoms with Crippen molar-refractivity contribution in [3.63, 3.8) is 0 Å². The molecule has 0 fully saturated rings. The third-order valence-corrected chi connectivity index (χ3v) is 5.45. The number of rotatable bonds is 7. The van der Waals surface area contributed by atoms with Gasteiger partial charge in [0.05, 0.1) is 16.9 Å². The van der Waals surface area contributed by atoms with Gasteiger partial charge < -0.3 is 10.4 Å². The number of carbonyl (C=O) groups excluding carboxylic acids is 1. The predicted molar refractivity (Wildman–Crippen MR) is 129 cm³/mol. The maximum Gasteiger partial charge on any atom is 0.411 e. The second-order valence-electron chi connectivity index (χ2n) is 8.67. The summed E-state index contributed by atoms with van der Waals surface area (Å²) in [5, 5.41) is 13.6. The van der Waals surface area contributed by atoms with Gasteiger partial charge in [-0.15, -0.1) is 0 Å². The minimum atomic E-state index is -1.02. The molecule has 0 atom stereocenters. The van der Waals surface area contributed by atoms with E-state index in [2.05, 4.69) is 25.2 Å². The lowest BCUT2D eigenvalue weighted by Crippen LogP contribution is -2.26. The van der Waals surface area contributed by atoms with Crippen LogP contribution < -0.4 is 10.2 Å². The Hall–Kier alpha value is -3.41. The van der Waals surface area contributed by atoms with E-state index in [1.807, 2.05) is 43.3 Å². The molecule has 0 unspecified atom stereocenters. The lowest BCUT2D eigenvalue weighted by Gasteiger charge is -2.24. The van der Waals surface area contributed by atoms with Crippen molar-refractivity contribution in [2.45, 2.75) is 40.5 Å². The number of fused-ring (bicyclic) bond motifs is 1. The van der Waals surface area contributed by atoms with Crippen LogP contribution in [0.3, 0.4) is 0 Å². The van der Waals surface area contributed by atoms with Crippen LogP contribution in [0, 0.1) is 12.8 Å². The van der Waals surface area contributed by atoms with Gasteiger partial charge in [-0.3, -0.25) is 14.7 Å². The summed E-state index contributed by atoms with van der Waals surface area (Å²) in [4.78, 5) is 29.5.